The first kappa shape index (κ1) is 23.7. The molecule has 0 radical (unpaired) electrons. The van der Waals surface area contributed by atoms with Crippen LogP contribution in [0.25, 0.3) is 10.9 Å². The van der Waals surface area contributed by atoms with Crippen LogP contribution in [0.5, 0.6) is 11.5 Å². The van der Waals surface area contributed by atoms with Gasteiger partial charge in [-0.25, -0.2) is 4.98 Å². The van der Waals surface area contributed by atoms with Crippen LogP contribution >= 0.6 is 11.8 Å². The number of pyridine rings is 1. The number of carbonyl (C=O) groups excluding carboxylic acids is 1. The van der Waals surface area contributed by atoms with Gasteiger partial charge in [0, 0.05) is 35.5 Å². The minimum atomic E-state index is -0.187. The van der Waals surface area contributed by atoms with Gasteiger partial charge in [-0.1, -0.05) is 12.1 Å². The van der Waals surface area contributed by atoms with E-state index in [1.807, 2.05) is 18.2 Å². The molecule has 1 fully saturated rings. The highest BCUT2D eigenvalue weighted by Gasteiger charge is 2.25. The molecule has 190 valence electrons. The summed E-state index contributed by atoms with van der Waals surface area (Å²) in [5.74, 6) is 2.40. The van der Waals surface area contributed by atoms with Crippen LogP contribution in [-0.2, 0) is 17.8 Å². The van der Waals surface area contributed by atoms with Crippen LogP contribution in [0.1, 0.15) is 21.7 Å². The van der Waals surface area contributed by atoms with Crippen LogP contribution in [0.4, 0.5) is 5.82 Å². The maximum Gasteiger partial charge on any atom is 0.290 e. The molecule has 4 aromatic rings. The summed E-state index contributed by atoms with van der Waals surface area (Å²) in [5, 5.41) is 1.04. The van der Waals surface area contributed by atoms with Crippen molar-refractivity contribution >= 4 is 34.4 Å². The van der Waals surface area contributed by atoms with Gasteiger partial charge in [0.1, 0.15) is 5.82 Å². The summed E-state index contributed by atoms with van der Waals surface area (Å²) in [6.45, 7) is 3.75. The van der Waals surface area contributed by atoms with Gasteiger partial charge in [-0.3, -0.25) is 4.79 Å². The number of anilines is 1. The first-order valence-corrected chi connectivity index (χ1v) is 13.4. The molecule has 0 unspecified atom stereocenters. The molecule has 2 aromatic carbocycles. The molecule has 4 heterocycles. The van der Waals surface area contributed by atoms with E-state index in [-0.39, 0.29) is 12.7 Å². The Balaban J connectivity index is 1.39. The minimum Gasteiger partial charge on any atom is -0.459 e. The number of fused-ring (bicyclic) bond motifs is 2. The number of ether oxygens (including phenoxy) is 3. The molecule has 0 aliphatic carbocycles. The number of hydrogen-bond acceptors (Lipinski definition) is 8. The van der Waals surface area contributed by atoms with Crippen LogP contribution in [0.2, 0.25) is 0 Å². The summed E-state index contributed by atoms with van der Waals surface area (Å²) in [5.41, 5.74) is 2.86. The second kappa shape index (κ2) is 10.4. The molecule has 2 aliphatic heterocycles. The molecule has 0 atom stereocenters. The third-order valence-electron chi connectivity index (χ3n) is 6.58. The zero-order valence-corrected chi connectivity index (χ0v) is 21.3. The molecule has 0 spiro atoms. The average Bonchev–Trinajstić information content (AvgIpc) is 3.64. The fraction of sp³-hybridized carbons (Fsp3) is 0.286. The zero-order chi connectivity index (χ0) is 25.2. The van der Waals surface area contributed by atoms with Crippen LogP contribution in [-0.4, -0.2) is 55.1 Å². The van der Waals surface area contributed by atoms with Gasteiger partial charge in [0.2, 0.25) is 6.79 Å². The summed E-state index contributed by atoms with van der Waals surface area (Å²) in [6.07, 6.45) is 3.58. The predicted octanol–water partition coefficient (Wildman–Crippen LogP) is 4.96. The number of thioether (sulfide) groups is 1. The van der Waals surface area contributed by atoms with Crippen molar-refractivity contribution < 1.29 is 23.4 Å². The predicted molar refractivity (Wildman–Crippen MR) is 141 cm³/mol. The van der Waals surface area contributed by atoms with E-state index in [4.69, 9.17) is 23.6 Å². The van der Waals surface area contributed by atoms with Crippen molar-refractivity contribution in [3.8, 4) is 11.5 Å². The number of aromatic nitrogens is 1. The van der Waals surface area contributed by atoms with Crippen LogP contribution in [0.3, 0.4) is 0 Å². The van der Waals surface area contributed by atoms with E-state index in [1.165, 1.54) is 6.26 Å². The average molecular weight is 518 g/mol. The lowest BCUT2D eigenvalue weighted by Gasteiger charge is -2.31. The molecule has 9 heteroatoms. The molecule has 8 nitrogen and oxygen atoms in total. The van der Waals surface area contributed by atoms with Crippen molar-refractivity contribution in [1.82, 2.24) is 9.88 Å². The monoisotopic (exact) mass is 517 g/mol. The maximum absolute atomic E-state index is 13.6. The lowest BCUT2D eigenvalue weighted by atomic mass is 10.1. The second-order valence-corrected chi connectivity index (χ2v) is 9.83. The normalized spacial score (nSPS) is 14.8. The lowest BCUT2D eigenvalue weighted by Crippen LogP contribution is -2.38. The first-order chi connectivity index (χ1) is 18.2. The van der Waals surface area contributed by atoms with Gasteiger partial charge in [-0.05, 0) is 54.3 Å². The van der Waals surface area contributed by atoms with Gasteiger partial charge >= 0.3 is 0 Å². The Hall–Kier alpha value is -3.69. The minimum absolute atomic E-state index is 0.187. The van der Waals surface area contributed by atoms with E-state index in [2.05, 4.69) is 35.4 Å². The number of hydrogen-bond donors (Lipinski definition) is 0. The van der Waals surface area contributed by atoms with Crippen molar-refractivity contribution in [1.29, 1.82) is 0 Å². The van der Waals surface area contributed by atoms with E-state index >= 15 is 0 Å². The standard InChI is InChI=1S/C28H27N3O5S/c1-37-22-6-5-20-14-21(27(29-23(20)15-22)30-8-11-33-12-9-30)17-31(28(32)25-3-2-10-34-25)16-19-4-7-24-26(13-19)36-18-35-24/h2-7,10,13-15H,8-9,11-12,16-18H2,1H3. The molecule has 1 amide bonds. The van der Waals surface area contributed by atoms with E-state index in [9.17, 15) is 4.79 Å². The fourth-order valence-corrected chi connectivity index (χ4v) is 5.13. The van der Waals surface area contributed by atoms with Crippen LogP contribution in [0, 0.1) is 0 Å². The van der Waals surface area contributed by atoms with E-state index < -0.39 is 0 Å². The Morgan fingerprint density at radius 3 is 2.70 bits per heavy atom. The fourth-order valence-electron chi connectivity index (χ4n) is 4.69. The Labute approximate surface area is 219 Å². The molecule has 0 saturated carbocycles. The highest BCUT2D eigenvalue weighted by Crippen LogP contribution is 2.34. The van der Waals surface area contributed by atoms with Crippen molar-refractivity contribution in [2.24, 2.45) is 0 Å². The number of carbonyl (C=O) groups is 1. The Kier molecular flexibility index (Phi) is 6.63. The van der Waals surface area contributed by atoms with Gasteiger partial charge in [-0.2, -0.15) is 0 Å². The topological polar surface area (TPSA) is 77.3 Å². The molecular formula is C28H27N3O5S. The second-order valence-electron chi connectivity index (χ2n) is 8.96. The number of amides is 1. The summed E-state index contributed by atoms with van der Waals surface area (Å²) in [4.78, 5) is 23.9. The number of benzene rings is 2. The molecular weight excluding hydrogens is 490 g/mol. The van der Waals surface area contributed by atoms with Crippen molar-refractivity contribution in [2.45, 2.75) is 18.0 Å². The molecule has 6 rings (SSSR count). The van der Waals surface area contributed by atoms with Crippen molar-refractivity contribution in [2.75, 3.05) is 44.3 Å². The number of rotatable bonds is 7. The van der Waals surface area contributed by atoms with E-state index in [0.29, 0.717) is 43.6 Å². The van der Waals surface area contributed by atoms with Gasteiger partial charge in [0.15, 0.2) is 17.3 Å². The van der Waals surface area contributed by atoms with Crippen molar-refractivity contribution in [3.05, 3.63) is 77.7 Å². The summed E-state index contributed by atoms with van der Waals surface area (Å²) < 4.78 is 22.1. The number of morpholine rings is 1. The summed E-state index contributed by atoms with van der Waals surface area (Å²) in [6, 6.07) is 17.7. The van der Waals surface area contributed by atoms with Gasteiger partial charge in [0.05, 0.1) is 31.5 Å². The highest BCUT2D eigenvalue weighted by atomic mass is 32.2. The summed E-state index contributed by atoms with van der Waals surface area (Å²) in [7, 11) is 0. The zero-order valence-electron chi connectivity index (χ0n) is 20.5. The Bertz CT molecular complexity index is 1420. The number of furan rings is 1. The number of nitrogens with zero attached hydrogens (tertiary/aromatic N) is 3. The third kappa shape index (κ3) is 4.97. The SMILES string of the molecule is CSc1ccc2cc(CN(Cc3ccc4c(c3)OCO4)C(=O)c3ccco3)c(N3CCOCC3)nc2c1. The lowest BCUT2D eigenvalue weighted by molar-refractivity contribution is 0.0697. The van der Waals surface area contributed by atoms with Gasteiger partial charge in [0.25, 0.3) is 5.91 Å². The largest absolute Gasteiger partial charge is 0.459 e. The smallest absolute Gasteiger partial charge is 0.290 e. The molecule has 2 aliphatic rings. The van der Waals surface area contributed by atoms with Crippen molar-refractivity contribution in [3.63, 3.8) is 0 Å². The third-order valence-corrected chi connectivity index (χ3v) is 7.31. The summed E-state index contributed by atoms with van der Waals surface area (Å²) >= 11 is 1.70. The Morgan fingerprint density at radius 2 is 1.89 bits per heavy atom. The van der Waals surface area contributed by atoms with E-state index in [0.717, 1.165) is 45.8 Å². The van der Waals surface area contributed by atoms with Gasteiger partial charge in [-0.15, -0.1) is 11.8 Å². The highest BCUT2D eigenvalue weighted by molar-refractivity contribution is 7.98. The maximum atomic E-state index is 13.6. The molecule has 1 saturated heterocycles. The quantitative estimate of drug-likeness (QED) is 0.319. The molecule has 0 N–H and O–H groups in total. The van der Waals surface area contributed by atoms with Gasteiger partial charge < -0.3 is 28.4 Å². The molecule has 2 aromatic heterocycles. The molecule has 37 heavy (non-hydrogen) atoms. The molecule has 0 bridgehead atoms. The van der Waals surface area contributed by atoms with Crippen LogP contribution < -0.4 is 14.4 Å². The van der Waals surface area contributed by atoms with E-state index in [1.54, 1.807) is 28.8 Å². The Morgan fingerprint density at radius 1 is 1.03 bits per heavy atom. The van der Waals surface area contributed by atoms with Crippen LogP contribution in [0.15, 0.2) is 70.2 Å². The first-order valence-electron chi connectivity index (χ1n) is 12.2.